The molecule has 1 atom stereocenters. The number of carbonyl (C=O) groups excluding carboxylic acids is 1. The Labute approximate surface area is 131 Å². The number of aromatic nitrogens is 3. The third-order valence-electron chi connectivity index (χ3n) is 3.73. The van der Waals surface area contributed by atoms with E-state index in [0.29, 0.717) is 25.1 Å². The summed E-state index contributed by atoms with van der Waals surface area (Å²) in [5, 5.41) is 15.6. The van der Waals surface area contributed by atoms with Crippen LogP contribution in [0.2, 0.25) is 0 Å². The van der Waals surface area contributed by atoms with Crippen LogP contribution in [-0.4, -0.2) is 49.7 Å². The zero-order valence-electron chi connectivity index (χ0n) is 12.1. The minimum atomic E-state index is -0.841. The number of likely N-dealkylation sites (tertiary alicyclic amines) is 1. The number of hydrogen-bond acceptors (Lipinski definition) is 5. The summed E-state index contributed by atoms with van der Waals surface area (Å²) in [6, 6.07) is 0. The predicted octanol–water partition coefficient (Wildman–Crippen LogP) is 1.48. The standard InChI is InChI=1S/C14H16N4O3S/c1-17-6-10(5-15-17)12-16-11(8-22-12)13(19)18-4-2-3-9(7-18)14(20)21/h5-6,8-9H,2-4,7H2,1H3,(H,20,21)/t9-/m0/s1. The van der Waals surface area contributed by atoms with E-state index in [9.17, 15) is 9.59 Å². The van der Waals surface area contributed by atoms with Crippen LogP contribution in [0.5, 0.6) is 0 Å². The SMILES string of the molecule is Cn1cc(-c2nc(C(=O)N3CCC[C@H](C(=O)O)C3)cs2)cn1. The minimum absolute atomic E-state index is 0.197. The second kappa shape index (κ2) is 5.88. The van der Waals surface area contributed by atoms with Gasteiger partial charge in [-0.1, -0.05) is 0 Å². The molecule has 116 valence electrons. The van der Waals surface area contributed by atoms with Crippen molar-refractivity contribution >= 4 is 23.2 Å². The maximum absolute atomic E-state index is 12.5. The number of aliphatic carboxylic acids is 1. The van der Waals surface area contributed by atoms with E-state index in [1.807, 2.05) is 13.2 Å². The largest absolute Gasteiger partial charge is 0.481 e. The molecule has 1 fully saturated rings. The average molecular weight is 320 g/mol. The maximum Gasteiger partial charge on any atom is 0.308 e. The number of rotatable bonds is 3. The number of piperidine rings is 1. The first-order valence-corrected chi connectivity index (χ1v) is 7.89. The van der Waals surface area contributed by atoms with Crippen molar-refractivity contribution in [1.82, 2.24) is 19.7 Å². The molecule has 0 bridgehead atoms. The van der Waals surface area contributed by atoms with Crippen molar-refractivity contribution in [3.05, 3.63) is 23.5 Å². The monoisotopic (exact) mass is 320 g/mol. The number of hydrogen-bond donors (Lipinski definition) is 1. The highest BCUT2D eigenvalue weighted by atomic mass is 32.1. The molecule has 0 spiro atoms. The van der Waals surface area contributed by atoms with Gasteiger partial charge in [0.05, 0.1) is 12.1 Å². The van der Waals surface area contributed by atoms with Crippen molar-refractivity contribution in [2.75, 3.05) is 13.1 Å². The lowest BCUT2D eigenvalue weighted by Crippen LogP contribution is -2.42. The van der Waals surface area contributed by atoms with E-state index in [4.69, 9.17) is 5.11 Å². The molecule has 2 aromatic rings. The van der Waals surface area contributed by atoms with E-state index in [-0.39, 0.29) is 12.5 Å². The number of carbonyl (C=O) groups is 2. The molecule has 8 heteroatoms. The molecule has 3 rings (SSSR count). The molecule has 0 saturated carbocycles. The van der Waals surface area contributed by atoms with Gasteiger partial charge in [0.1, 0.15) is 10.7 Å². The Kier molecular flexibility index (Phi) is 3.93. The average Bonchev–Trinajstić information content (AvgIpc) is 3.15. The highest BCUT2D eigenvalue weighted by Crippen LogP contribution is 2.25. The molecule has 1 aliphatic heterocycles. The van der Waals surface area contributed by atoms with Gasteiger partial charge in [-0.3, -0.25) is 14.3 Å². The van der Waals surface area contributed by atoms with Crippen LogP contribution < -0.4 is 0 Å². The van der Waals surface area contributed by atoms with Gasteiger partial charge in [0.15, 0.2) is 0 Å². The summed E-state index contributed by atoms with van der Waals surface area (Å²) in [4.78, 5) is 29.5. The minimum Gasteiger partial charge on any atom is -0.481 e. The third kappa shape index (κ3) is 2.87. The van der Waals surface area contributed by atoms with Crippen LogP contribution in [0.4, 0.5) is 0 Å². The normalized spacial score (nSPS) is 18.4. The molecule has 22 heavy (non-hydrogen) atoms. The van der Waals surface area contributed by atoms with E-state index in [1.165, 1.54) is 11.3 Å². The van der Waals surface area contributed by atoms with Gasteiger partial charge in [-0.2, -0.15) is 5.10 Å². The summed E-state index contributed by atoms with van der Waals surface area (Å²) in [5.41, 5.74) is 1.24. The molecular weight excluding hydrogens is 304 g/mol. The van der Waals surface area contributed by atoms with Gasteiger partial charge in [-0.25, -0.2) is 4.98 Å². The molecule has 0 radical (unpaired) electrons. The van der Waals surface area contributed by atoms with Gasteiger partial charge in [0, 0.05) is 37.3 Å². The van der Waals surface area contributed by atoms with Crippen LogP contribution >= 0.6 is 11.3 Å². The highest BCUT2D eigenvalue weighted by Gasteiger charge is 2.29. The first kappa shape index (κ1) is 14.7. The van der Waals surface area contributed by atoms with Crippen molar-refractivity contribution in [2.45, 2.75) is 12.8 Å². The first-order chi connectivity index (χ1) is 10.5. The highest BCUT2D eigenvalue weighted by molar-refractivity contribution is 7.13. The zero-order chi connectivity index (χ0) is 15.7. The number of amides is 1. The van der Waals surface area contributed by atoms with E-state index in [1.54, 1.807) is 21.2 Å². The third-order valence-corrected chi connectivity index (χ3v) is 4.62. The lowest BCUT2D eigenvalue weighted by molar-refractivity contribution is -0.143. The van der Waals surface area contributed by atoms with Gasteiger partial charge in [0.2, 0.25) is 0 Å². The number of aryl methyl sites for hydroxylation is 1. The fourth-order valence-electron chi connectivity index (χ4n) is 2.56. The Morgan fingerprint density at radius 2 is 2.27 bits per heavy atom. The summed E-state index contributed by atoms with van der Waals surface area (Å²) in [5.74, 6) is -1.52. The Morgan fingerprint density at radius 1 is 1.45 bits per heavy atom. The predicted molar refractivity (Wildman–Crippen MR) is 80.6 cm³/mol. The Balaban J connectivity index is 1.75. The Bertz CT molecular complexity index is 709. The van der Waals surface area contributed by atoms with Gasteiger partial charge in [0.25, 0.3) is 5.91 Å². The van der Waals surface area contributed by atoms with Crippen molar-refractivity contribution < 1.29 is 14.7 Å². The Morgan fingerprint density at radius 3 is 2.95 bits per heavy atom. The van der Waals surface area contributed by atoms with Crippen LogP contribution in [0.1, 0.15) is 23.3 Å². The molecule has 3 heterocycles. The number of nitrogens with zero attached hydrogens (tertiary/aromatic N) is 4. The number of carboxylic acid groups (broad SMARTS) is 1. The van der Waals surface area contributed by atoms with Crippen LogP contribution in [-0.2, 0) is 11.8 Å². The second-order valence-electron chi connectivity index (χ2n) is 5.37. The fourth-order valence-corrected chi connectivity index (χ4v) is 3.33. The second-order valence-corrected chi connectivity index (χ2v) is 6.23. The molecule has 0 unspecified atom stereocenters. The number of carboxylic acids is 1. The lowest BCUT2D eigenvalue weighted by atomic mass is 9.98. The van der Waals surface area contributed by atoms with E-state index in [2.05, 4.69) is 10.1 Å². The van der Waals surface area contributed by atoms with E-state index in [0.717, 1.165) is 10.6 Å². The molecule has 0 aliphatic carbocycles. The van der Waals surface area contributed by atoms with Crippen molar-refractivity contribution in [2.24, 2.45) is 13.0 Å². The first-order valence-electron chi connectivity index (χ1n) is 7.01. The maximum atomic E-state index is 12.5. The smallest absolute Gasteiger partial charge is 0.308 e. The molecular formula is C14H16N4O3S. The van der Waals surface area contributed by atoms with Gasteiger partial charge >= 0.3 is 5.97 Å². The summed E-state index contributed by atoms with van der Waals surface area (Å²) in [7, 11) is 1.82. The topological polar surface area (TPSA) is 88.3 Å². The fraction of sp³-hybridized carbons (Fsp3) is 0.429. The molecule has 1 aliphatic rings. The van der Waals surface area contributed by atoms with Gasteiger partial charge < -0.3 is 10.0 Å². The summed E-state index contributed by atoms with van der Waals surface area (Å²) in [6.07, 6.45) is 4.88. The lowest BCUT2D eigenvalue weighted by Gasteiger charge is -2.30. The van der Waals surface area contributed by atoms with Crippen molar-refractivity contribution in [1.29, 1.82) is 0 Å². The molecule has 1 amide bonds. The van der Waals surface area contributed by atoms with Crippen molar-refractivity contribution in [3.63, 3.8) is 0 Å². The van der Waals surface area contributed by atoms with Crippen molar-refractivity contribution in [3.8, 4) is 10.6 Å². The van der Waals surface area contributed by atoms with Crippen LogP contribution in [0.15, 0.2) is 17.8 Å². The Hall–Kier alpha value is -2.22. The van der Waals surface area contributed by atoms with Crippen LogP contribution in [0.3, 0.4) is 0 Å². The van der Waals surface area contributed by atoms with Crippen LogP contribution in [0.25, 0.3) is 10.6 Å². The molecule has 7 nitrogen and oxygen atoms in total. The van der Waals surface area contributed by atoms with E-state index >= 15 is 0 Å². The van der Waals surface area contributed by atoms with Gasteiger partial charge in [-0.05, 0) is 12.8 Å². The van der Waals surface area contributed by atoms with Gasteiger partial charge in [-0.15, -0.1) is 11.3 Å². The van der Waals surface area contributed by atoms with E-state index < -0.39 is 11.9 Å². The van der Waals surface area contributed by atoms with Crippen LogP contribution in [0, 0.1) is 5.92 Å². The summed E-state index contributed by atoms with van der Waals surface area (Å²) in [6.45, 7) is 0.844. The number of thiazole rings is 1. The molecule has 1 saturated heterocycles. The summed E-state index contributed by atoms with van der Waals surface area (Å²) >= 11 is 1.39. The molecule has 0 aromatic carbocycles. The summed E-state index contributed by atoms with van der Waals surface area (Å²) < 4.78 is 1.68. The zero-order valence-corrected chi connectivity index (χ0v) is 12.9. The quantitative estimate of drug-likeness (QED) is 0.925. The molecule has 1 N–H and O–H groups in total. The molecule has 2 aromatic heterocycles.